The molecule has 1 aromatic rings. The Hall–Kier alpha value is -0.870. The third-order valence-electron chi connectivity index (χ3n) is 3.40. The molecule has 0 saturated heterocycles. The lowest BCUT2D eigenvalue weighted by atomic mass is 10.0. The average Bonchev–Trinajstić information content (AvgIpc) is 2.81. The van der Waals surface area contributed by atoms with Crippen LogP contribution in [0, 0.1) is 0 Å². The smallest absolute Gasteiger partial charge is 0.237 e. The van der Waals surface area contributed by atoms with Crippen molar-refractivity contribution in [1.82, 2.24) is 10.6 Å². The summed E-state index contributed by atoms with van der Waals surface area (Å²) in [6, 6.07) is 2.26. The topological polar surface area (TPSA) is 41.1 Å². The summed E-state index contributed by atoms with van der Waals surface area (Å²) in [5, 5.41) is 10.7. The fraction of sp³-hybridized carbons (Fsp3) is 0.667. The van der Waals surface area contributed by atoms with Crippen LogP contribution < -0.4 is 10.6 Å². The Morgan fingerprint density at radius 3 is 2.63 bits per heavy atom. The summed E-state index contributed by atoms with van der Waals surface area (Å²) in [5.41, 5.74) is 1.19. The van der Waals surface area contributed by atoms with Gasteiger partial charge in [-0.05, 0) is 62.9 Å². The summed E-state index contributed by atoms with van der Waals surface area (Å²) in [7, 11) is 0. The van der Waals surface area contributed by atoms with Gasteiger partial charge in [-0.3, -0.25) is 4.79 Å². The van der Waals surface area contributed by atoms with Gasteiger partial charge in [-0.15, -0.1) is 0 Å². The molecule has 2 atom stereocenters. The van der Waals surface area contributed by atoms with Crippen LogP contribution in [0.15, 0.2) is 16.8 Å². The van der Waals surface area contributed by atoms with E-state index in [-0.39, 0.29) is 17.5 Å². The van der Waals surface area contributed by atoms with Crippen LogP contribution >= 0.6 is 11.3 Å². The lowest BCUT2D eigenvalue weighted by molar-refractivity contribution is -0.124. The molecule has 1 amide bonds. The quantitative estimate of drug-likeness (QED) is 0.807. The van der Waals surface area contributed by atoms with Gasteiger partial charge in [-0.1, -0.05) is 6.92 Å². The van der Waals surface area contributed by atoms with Gasteiger partial charge in [0.1, 0.15) is 0 Å². The summed E-state index contributed by atoms with van der Waals surface area (Å²) in [6.45, 7) is 10.2. The number of carbonyl (C=O) groups is 1. The van der Waals surface area contributed by atoms with Crippen molar-refractivity contribution in [2.24, 2.45) is 0 Å². The van der Waals surface area contributed by atoms with E-state index in [0.29, 0.717) is 6.04 Å². The molecule has 2 N–H and O–H groups in total. The Morgan fingerprint density at radius 2 is 2.11 bits per heavy atom. The van der Waals surface area contributed by atoms with Gasteiger partial charge in [-0.2, -0.15) is 11.3 Å². The number of hydrogen-bond acceptors (Lipinski definition) is 3. The lowest BCUT2D eigenvalue weighted by Gasteiger charge is -2.28. The number of hydrogen-bond donors (Lipinski definition) is 2. The first-order valence-corrected chi connectivity index (χ1v) is 7.87. The number of amides is 1. The summed E-state index contributed by atoms with van der Waals surface area (Å²) < 4.78 is 0. The van der Waals surface area contributed by atoms with Crippen LogP contribution in [-0.2, 0) is 11.2 Å². The van der Waals surface area contributed by atoms with Gasteiger partial charge in [0.05, 0.1) is 6.04 Å². The van der Waals surface area contributed by atoms with Crippen molar-refractivity contribution in [3.8, 4) is 0 Å². The highest BCUT2D eigenvalue weighted by atomic mass is 32.1. The van der Waals surface area contributed by atoms with Crippen molar-refractivity contribution in [2.45, 2.75) is 65.1 Å². The molecule has 108 valence electrons. The summed E-state index contributed by atoms with van der Waals surface area (Å²) in [4.78, 5) is 12.1. The largest absolute Gasteiger partial charge is 0.350 e. The van der Waals surface area contributed by atoms with Crippen molar-refractivity contribution in [3.63, 3.8) is 0 Å². The normalized spacial score (nSPS) is 15.0. The minimum atomic E-state index is -0.167. The number of rotatable bonds is 7. The Morgan fingerprint density at radius 1 is 1.42 bits per heavy atom. The van der Waals surface area contributed by atoms with Gasteiger partial charge < -0.3 is 10.6 Å². The molecule has 0 fully saturated rings. The van der Waals surface area contributed by atoms with Crippen LogP contribution in [0.3, 0.4) is 0 Å². The van der Waals surface area contributed by atoms with E-state index in [9.17, 15) is 4.79 Å². The zero-order chi connectivity index (χ0) is 14.5. The molecule has 0 aliphatic heterocycles. The monoisotopic (exact) mass is 282 g/mol. The Kier molecular flexibility index (Phi) is 6.01. The van der Waals surface area contributed by atoms with E-state index in [1.165, 1.54) is 5.56 Å². The fourth-order valence-electron chi connectivity index (χ4n) is 1.85. The van der Waals surface area contributed by atoms with Crippen LogP contribution in [0.2, 0.25) is 0 Å². The van der Waals surface area contributed by atoms with E-state index in [1.54, 1.807) is 11.3 Å². The number of thiophene rings is 1. The summed E-state index contributed by atoms with van der Waals surface area (Å²) in [6.07, 6.45) is 1.88. The second-order valence-electron chi connectivity index (χ2n) is 5.85. The molecule has 1 aromatic heterocycles. The van der Waals surface area contributed by atoms with Crippen molar-refractivity contribution in [1.29, 1.82) is 0 Å². The number of carbonyl (C=O) groups excluding carboxylic acids is 1. The van der Waals surface area contributed by atoms with Crippen molar-refractivity contribution < 1.29 is 4.79 Å². The first kappa shape index (κ1) is 16.2. The molecule has 19 heavy (non-hydrogen) atoms. The first-order valence-electron chi connectivity index (χ1n) is 6.93. The predicted molar refractivity (Wildman–Crippen MR) is 82.6 cm³/mol. The van der Waals surface area contributed by atoms with E-state index in [1.807, 2.05) is 20.8 Å². The first-order chi connectivity index (χ1) is 8.84. The lowest BCUT2D eigenvalue weighted by Crippen LogP contribution is -2.52. The Balaban J connectivity index is 2.41. The van der Waals surface area contributed by atoms with Crippen LogP contribution in [0.25, 0.3) is 0 Å². The van der Waals surface area contributed by atoms with Crippen LogP contribution in [0.4, 0.5) is 0 Å². The van der Waals surface area contributed by atoms with Gasteiger partial charge in [0.2, 0.25) is 5.91 Å². The van der Waals surface area contributed by atoms with E-state index in [2.05, 4.69) is 41.3 Å². The zero-order valence-corrected chi connectivity index (χ0v) is 13.4. The van der Waals surface area contributed by atoms with E-state index >= 15 is 0 Å². The standard InChI is InChI=1S/C15H26N2OS/c1-6-15(4,5)17-14(18)12(3)16-11(2)9-13-7-8-19-10-13/h7-8,10-12,16H,6,9H2,1-5H3,(H,17,18). The SMILES string of the molecule is CCC(C)(C)NC(=O)C(C)NC(C)Cc1ccsc1. The predicted octanol–water partition coefficient (Wildman–Crippen LogP) is 2.96. The molecule has 1 rings (SSSR count). The molecule has 0 aliphatic carbocycles. The third-order valence-corrected chi connectivity index (χ3v) is 4.13. The maximum atomic E-state index is 12.1. The second-order valence-corrected chi connectivity index (χ2v) is 6.63. The zero-order valence-electron chi connectivity index (χ0n) is 12.6. The van der Waals surface area contributed by atoms with E-state index < -0.39 is 0 Å². The van der Waals surface area contributed by atoms with Crippen molar-refractivity contribution >= 4 is 17.2 Å². The van der Waals surface area contributed by atoms with E-state index in [4.69, 9.17) is 0 Å². The number of nitrogens with one attached hydrogen (secondary N) is 2. The molecule has 3 nitrogen and oxygen atoms in total. The Bertz CT molecular complexity index is 387. The fourth-order valence-corrected chi connectivity index (χ4v) is 2.54. The molecule has 0 spiro atoms. The molecule has 0 bridgehead atoms. The highest BCUT2D eigenvalue weighted by Crippen LogP contribution is 2.10. The van der Waals surface area contributed by atoms with Gasteiger partial charge in [0.15, 0.2) is 0 Å². The minimum absolute atomic E-state index is 0.0732. The van der Waals surface area contributed by atoms with Crippen molar-refractivity contribution in [3.05, 3.63) is 22.4 Å². The second kappa shape index (κ2) is 7.06. The average molecular weight is 282 g/mol. The maximum absolute atomic E-state index is 12.1. The Labute approximate surface area is 120 Å². The van der Waals surface area contributed by atoms with Gasteiger partial charge in [-0.25, -0.2) is 0 Å². The third kappa shape index (κ3) is 5.74. The molecule has 2 unspecified atom stereocenters. The molecule has 0 aromatic carbocycles. The molecule has 4 heteroatoms. The van der Waals surface area contributed by atoms with E-state index in [0.717, 1.165) is 12.8 Å². The van der Waals surface area contributed by atoms with Gasteiger partial charge in [0.25, 0.3) is 0 Å². The summed E-state index contributed by atoms with van der Waals surface area (Å²) >= 11 is 1.71. The molecular weight excluding hydrogens is 256 g/mol. The van der Waals surface area contributed by atoms with Gasteiger partial charge in [0, 0.05) is 11.6 Å². The maximum Gasteiger partial charge on any atom is 0.237 e. The highest BCUT2D eigenvalue weighted by molar-refractivity contribution is 7.07. The molecule has 0 aliphatic rings. The van der Waals surface area contributed by atoms with Crippen LogP contribution in [-0.4, -0.2) is 23.5 Å². The summed E-state index contributed by atoms with van der Waals surface area (Å²) in [5.74, 6) is 0.0732. The van der Waals surface area contributed by atoms with Gasteiger partial charge >= 0.3 is 0 Å². The molecule has 0 saturated carbocycles. The minimum Gasteiger partial charge on any atom is -0.350 e. The van der Waals surface area contributed by atoms with Crippen molar-refractivity contribution in [2.75, 3.05) is 0 Å². The van der Waals surface area contributed by atoms with Crippen LogP contribution in [0.5, 0.6) is 0 Å². The highest BCUT2D eigenvalue weighted by Gasteiger charge is 2.22. The molecule has 1 heterocycles. The van der Waals surface area contributed by atoms with Crippen LogP contribution in [0.1, 0.15) is 46.6 Å². The molecule has 0 radical (unpaired) electrons. The molecular formula is C15H26N2OS.